The first-order valence-corrected chi connectivity index (χ1v) is 8.62. The lowest BCUT2D eigenvalue weighted by molar-refractivity contribution is -0.402. The van der Waals surface area contributed by atoms with Crippen LogP contribution in [0.2, 0.25) is 0 Å². The van der Waals surface area contributed by atoms with Gasteiger partial charge in [0.15, 0.2) is 4.32 Å². The number of hydrogen-bond acceptors (Lipinski definition) is 7. The smallest absolute Gasteiger partial charge is 0.433 e. The molecule has 0 atom stereocenters. The predicted molar refractivity (Wildman–Crippen MR) is 104 cm³/mol. The van der Waals surface area contributed by atoms with Gasteiger partial charge in [0.1, 0.15) is 10.7 Å². The van der Waals surface area contributed by atoms with Crippen LogP contribution in [0.1, 0.15) is 16.1 Å². The third-order valence-electron chi connectivity index (χ3n) is 3.47. The number of carbonyl (C=O) groups is 2. The fourth-order valence-corrected chi connectivity index (χ4v) is 3.54. The maximum atomic E-state index is 12.6. The number of anilines is 1. The second-order valence-corrected chi connectivity index (χ2v) is 6.83. The number of rotatable bonds is 5. The largest absolute Gasteiger partial charge is 0.478 e. The molecule has 8 nitrogen and oxygen atoms in total. The first-order chi connectivity index (χ1) is 12.9. The third kappa shape index (κ3) is 3.81. The molecule has 1 aliphatic heterocycles. The molecule has 0 aliphatic carbocycles. The van der Waals surface area contributed by atoms with Gasteiger partial charge in [-0.1, -0.05) is 42.2 Å². The minimum atomic E-state index is -1.16. The van der Waals surface area contributed by atoms with Gasteiger partial charge in [-0.3, -0.25) is 19.8 Å². The molecule has 10 heteroatoms. The molecule has 1 saturated heterocycles. The molecule has 2 heterocycles. The highest BCUT2D eigenvalue weighted by Gasteiger charge is 2.34. The topological polar surface area (TPSA) is 114 Å². The Hall–Kier alpha value is -3.24. The Kier molecular flexibility index (Phi) is 5.19. The van der Waals surface area contributed by atoms with Crippen LogP contribution in [-0.4, -0.2) is 26.2 Å². The number of para-hydroxylation sites is 1. The number of benzene rings is 1. The van der Waals surface area contributed by atoms with E-state index in [0.29, 0.717) is 0 Å². The van der Waals surface area contributed by atoms with Crippen LogP contribution >= 0.6 is 24.0 Å². The minimum Gasteiger partial charge on any atom is -0.478 e. The highest BCUT2D eigenvalue weighted by Crippen LogP contribution is 2.36. The van der Waals surface area contributed by atoms with Gasteiger partial charge in [0.25, 0.3) is 5.91 Å². The molecule has 2 aromatic rings. The first-order valence-electron chi connectivity index (χ1n) is 7.39. The third-order valence-corrected chi connectivity index (χ3v) is 4.79. The number of carboxylic acid groups (broad SMARTS) is 1. The van der Waals surface area contributed by atoms with E-state index in [0.717, 1.165) is 11.8 Å². The lowest BCUT2D eigenvalue weighted by Crippen LogP contribution is -2.29. The summed E-state index contributed by atoms with van der Waals surface area (Å²) in [6, 6.07) is 8.73. The molecule has 0 saturated carbocycles. The van der Waals surface area contributed by atoms with Crippen molar-refractivity contribution in [2.75, 3.05) is 4.90 Å². The molecular formula is C17H10N2O6S2. The van der Waals surface area contributed by atoms with Crippen LogP contribution in [0.4, 0.5) is 11.6 Å². The summed E-state index contributed by atoms with van der Waals surface area (Å²) >= 11 is 6.24. The van der Waals surface area contributed by atoms with Crippen molar-refractivity contribution >= 4 is 57.8 Å². The van der Waals surface area contributed by atoms with Crippen molar-refractivity contribution in [3.05, 3.63) is 74.9 Å². The van der Waals surface area contributed by atoms with Gasteiger partial charge in [-0.15, -0.1) is 0 Å². The summed E-state index contributed by atoms with van der Waals surface area (Å²) in [6.07, 6.45) is 4.44. The van der Waals surface area contributed by atoms with Crippen LogP contribution in [0.3, 0.4) is 0 Å². The van der Waals surface area contributed by atoms with Crippen LogP contribution in [0.15, 0.2) is 57.9 Å². The van der Waals surface area contributed by atoms with E-state index in [4.69, 9.17) is 16.6 Å². The standard InChI is InChI=1S/C17H10N2O6S2/c20-15-13(7-3-4-10-8-9-14(25-10)19(23)24)27-17(26)18(15)12-6-2-1-5-11(12)16(21)22/h1-9H,(H,21,22)/b4-3+,13-7-. The van der Waals surface area contributed by atoms with Crippen molar-refractivity contribution in [2.45, 2.75) is 0 Å². The second-order valence-electron chi connectivity index (χ2n) is 5.15. The summed E-state index contributed by atoms with van der Waals surface area (Å²) < 4.78 is 5.19. The molecule has 0 radical (unpaired) electrons. The molecule has 27 heavy (non-hydrogen) atoms. The molecule has 0 spiro atoms. The highest BCUT2D eigenvalue weighted by molar-refractivity contribution is 8.27. The van der Waals surface area contributed by atoms with Crippen molar-refractivity contribution in [3.63, 3.8) is 0 Å². The molecule has 0 unspecified atom stereocenters. The van der Waals surface area contributed by atoms with Crippen LogP contribution in [0.5, 0.6) is 0 Å². The Labute approximate surface area is 161 Å². The Balaban J connectivity index is 1.83. The molecular weight excluding hydrogens is 392 g/mol. The summed E-state index contributed by atoms with van der Waals surface area (Å²) in [7, 11) is 0. The van der Waals surface area contributed by atoms with Crippen molar-refractivity contribution in [1.82, 2.24) is 0 Å². The quantitative estimate of drug-likeness (QED) is 0.347. The van der Waals surface area contributed by atoms with E-state index in [9.17, 15) is 24.8 Å². The lowest BCUT2D eigenvalue weighted by Gasteiger charge is -2.16. The molecule has 1 aromatic heterocycles. The van der Waals surface area contributed by atoms with Gasteiger partial charge in [-0.25, -0.2) is 4.79 Å². The van der Waals surface area contributed by atoms with E-state index in [2.05, 4.69) is 0 Å². The van der Waals surface area contributed by atoms with Crippen molar-refractivity contribution in [2.24, 2.45) is 0 Å². The molecule has 1 amide bonds. The molecule has 3 rings (SSSR count). The number of thiocarbonyl (C=S) groups is 1. The van der Waals surface area contributed by atoms with Crippen LogP contribution in [0, 0.1) is 10.1 Å². The van der Waals surface area contributed by atoms with Crippen LogP contribution in [-0.2, 0) is 4.79 Å². The summed E-state index contributed by atoms with van der Waals surface area (Å²) in [5.74, 6) is -1.74. The Morgan fingerprint density at radius 2 is 2.04 bits per heavy atom. The van der Waals surface area contributed by atoms with E-state index in [1.807, 2.05) is 0 Å². The Morgan fingerprint density at radius 1 is 1.30 bits per heavy atom. The van der Waals surface area contributed by atoms with Gasteiger partial charge in [-0.05, 0) is 30.4 Å². The fraction of sp³-hybridized carbons (Fsp3) is 0. The van der Waals surface area contributed by atoms with E-state index < -0.39 is 16.8 Å². The molecule has 1 aliphatic rings. The van der Waals surface area contributed by atoms with Crippen LogP contribution < -0.4 is 4.90 Å². The van der Waals surface area contributed by atoms with Gasteiger partial charge in [0, 0.05) is 0 Å². The number of amides is 1. The summed E-state index contributed by atoms with van der Waals surface area (Å²) in [6.45, 7) is 0. The van der Waals surface area contributed by atoms with E-state index >= 15 is 0 Å². The second kappa shape index (κ2) is 7.56. The van der Waals surface area contributed by atoms with Crippen LogP contribution in [0.25, 0.3) is 6.08 Å². The van der Waals surface area contributed by atoms with E-state index in [1.54, 1.807) is 12.1 Å². The molecule has 1 fully saturated rings. The molecule has 1 aromatic carbocycles. The summed E-state index contributed by atoms with van der Waals surface area (Å²) in [4.78, 5) is 35.4. The average molecular weight is 402 g/mol. The number of furan rings is 1. The number of nitrogens with zero attached hydrogens (tertiary/aromatic N) is 2. The number of thioether (sulfide) groups is 1. The summed E-state index contributed by atoms with van der Waals surface area (Å²) in [5.41, 5.74) is 0.162. The minimum absolute atomic E-state index is 0.0338. The maximum absolute atomic E-state index is 12.6. The van der Waals surface area contributed by atoms with Crippen molar-refractivity contribution in [3.8, 4) is 0 Å². The normalized spacial score (nSPS) is 15.9. The lowest BCUT2D eigenvalue weighted by atomic mass is 10.1. The number of nitro groups is 1. The molecule has 1 N–H and O–H groups in total. The predicted octanol–water partition coefficient (Wildman–Crippen LogP) is 3.85. The van der Waals surface area contributed by atoms with Gasteiger partial charge < -0.3 is 9.52 Å². The monoisotopic (exact) mass is 402 g/mol. The maximum Gasteiger partial charge on any atom is 0.433 e. The van der Waals surface area contributed by atoms with E-state index in [-0.39, 0.29) is 32.1 Å². The summed E-state index contributed by atoms with van der Waals surface area (Å²) in [5, 5.41) is 19.9. The molecule has 136 valence electrons. The van der Waals surface area contributed by atoms with Crippen molar-refractivity contribution < 1.29 is 24.0 Å². The number of carbonyl (C=O) groups excluding carboxylic acids is 1. The number of aromatic carboxylic acids is 1. The molecule has 0 bridgehead atoms. The zero-order chi connectivity index (χ0) is 19.6. The zero-order valence-electron chi connectivity index (χ0n) is 13.4. The zero-order valence-corrected chi connectivity index (χ0v) is 15.0. The van der Waals surface area contributed by atoms with Gasteiger partial charge >= 0.3 is 11.9 Å². The highest BCUT2D eigenvalue weighted by atomic mass is 32.2. The number of allylic oxidation sites excluding steroid dienone is 2. The van der Waals surface area contributed by atoms with Gasteiger partial charge in [0.2, 0.25) is 0 Å². The number of carboxylic acids is 1. The van der Waals surface area contributed by atoms with Gasteiger partial charge in [0.05, 0.1) is 22.2 Å². The van der Waals surface area contributed by atoms with E-state index in [1.165, 1.54) is 47.4 Å². The first kappa shape index (κ1) is 18.5. The SMILES string of the molecule is O=C(O)c1ccccc1N1C(=O)/C(=C/C=C/c2ccc([N+](=O)[O-])o2)SC1=S. The number of hydrogen-bond donors (Lipinski definition) is 1. The van der Waals surface area contributed by atoms with Gasteiger partial charge in [-0.2, -0.15) is 0 Å². The Bertz CT molecular complexity index is 1020. The Morgan fingerprint density at radius 3 is 2.70 bits per heavy atom. The fourth-order valence-electron chi connectivity index (χ4n) is 2.30. The van der Waals surface area contributed by atoms with Crippen molar-refractivity contribution in [1.29, 1.82) is 0 Å². The average Bonchev–Trinajstić information content (AvgIpc) is 3.20.